The molecule has 2 aromatic rings. The molecule has 1 saturated carbocycles. The SMILES string of the molecule is O=C(Cn1cc(/C=C2\SC(=S)N(CCC3CCCC3)C2=O)c2cc(Br)ccc21)N1CCCCC1. The van der Waals surface area contributed by atoms with E-state index in [1.165, 1.54) is 43.9 Å². The van der Waals surface area contributed by atoms with Crippen LogP contribution in [-0.2, 0) is 16.1 Å². The molecule has 8 heteroatoms. The fraction of sp³-hybridized carbons (Fsp3) is 0.500. The topological polar surface area (TPSA) is 45.6 Å². The third-order valence-corrected chi connectivity index (χ3v) is 9.16. The second kappa shape index (κ2) is 10.5. The Bertz CT molecular complexity index is 1150. The zero-order chi connectivity index (χ0) is 23.7. The van der Waals surface area contributed by atoms with Crippen molar-refractivity contribution in [1.29, 1.82) is 0 Å². The molecule has 0 atom stereocenters. The Morgan fingerprint density at radius 1 is 1.15 bits per heavy atom. The molecule has 180 valence electrons. The van der Waals surface area contributed by atoms with Crippen LogP contribution in [0, 0.1) is 5.92 Å². The first kappa shape index (κ1) is 24.1. The number of carbonyl (C=O) groups excluding carboxylic acids is 2. The summed E-state index contributed by atoms with van der Waals surface area (Å²) in [6.07, 6.45) is 13.5. The maximum atomic E-state index is 13.2. The molecule has 3 heterocycles. The van der Waals surface area contributed by atoms with E-state index in [9.17, 15) is 9.59 Å². The van der Waals surface area contributed by atoms with Gasteiger partial charge in [-0.2, -0.15) is 0 Å². The summed E-state index contributed by atoms with van der Waals surface area (Å²) in [5.74, 6) is 0.888. The predicted octanol–water partition coefficient (Wildman–Crippen LogP) is 6.20. The molecule has 1 aromatic carbocycles. The molecule has 0 bridgehead atoms. The minimum absolute atomic E-state index is 0.00767. The van der Waals surface area contributed by atoms with Crippen LogP contribution in [0.4, 0.5) is 0 Å². The van der Waals surface area contributed by atoms with Gasteiger partial charge >= 0.3 is 0 Å². The van der Waals surface area contributed by atoms with E-state index in [-0.39, 0.29) is 11.8 Å². The van der Waals surface area contributed by atoms with Crippen molar-refractivity contribution in [3.05, 3.63) is 39.3 Å². The molecule has 0 radical (unpaired) electrons. The van der Waals surface area contributed by atoms with Crippen LogP contribution in [0.25, 0.3) is 17.0 Å². The number of rotatable bonds is 6. The molecule has 0 N–H and O–H groups in total. The number of nitrogens with zero attached hydrogens (tertiary/aromatic N) is 3. The van der Waals surface area contributed by atoms with Gasteiger partial charge in [0.25, 0.3) is 5.91 Å². The highest BCUT2D eigenvalue weighted by Crippen LogP contribution is 2.36. The lowest BCUT2D eigenvalue weighted by Crippen LogP contribution is -2.37. The van der Waals surface area contributed by atoms with Crippen LogP contribution >= 0.6 is 39.9 Å². The molecule has 5 rings (SSSR count). The van der Waals surface area contributed by atoms with Crippen molar-refractivity contribution in [2.45, 2.75) is 57.9 Å². The molecule has 2 aliphatic heterocycles. The molecular weight excluding hydrogens is 530 g/mol. The molecule has 3 aliphatic rings. The van der Waals surface area contributed by atoms with Gasteiger partial charge < -0.3 is 9.47 Å². The van der Waals surface area contributed by atoms with Crippen LogP contribution in [-0.4, -0.2) is 50.1 Å². The van der Waals surface area contributed by atoms with Crippen molar-refractivity contribution in [2.75, 3.05) is 19.6 Å². The molecule has 34 heavy (non-hydrogen) atoms. The highest BCUT2D eigenvalue weighted by molar-refractivity contribution is 9.10. The average Bonchev–Trinajstić information content (AvgIpc) is 3.53. The van der Waals surface area contributed by atoms with E-state index >= 15 is 0 Å². The van der Waals surface area contributed by atoms with E-state index in [0.717, 1.165) is 59.2 Å². The number of piperidine rings is 1. The van der Waals surface area contributed by atoms with Crippen molar-refractivity contribution in [1.82, 2.24) is 14.4 Å². The lowest BCUT2D eigenvalue weighted by molar-refractivity contribution is -0.132. The summed E-state index contributed by atoms with van der Waals surface area (Å²) in [6.45, 7) is 2.72. The molecule has 1 aliphatic carbocycles. The fourth-order valence-electron chi connectivity index (χ4n) is 5.38. The van der Waals surface area contributed by atoms with Gasteiger partial charge in [0.1, 0.15) is 10.9 Å². The Balaban J connectivity index is 1.38. The molecule has 2 saturated heterocycles. The second-order valence-corrected chi connectivity index (χ2v) is 12.2. The van der Waals surface area contributed by atoms with Crippen LogP contribution in [0.3, 0.4) is 0 Å². The second-order valence-electron chi connectivity index (χ2n) is 9.59. The third-order valence-electron chi connectivity index (χ3n) is 7.28. The summed E-state index contributed by atoms with van der Waals surface area (Å²) >= 11 is 10.5. The Morgan fingerprint density at radius 3 is 2.68 bits per heavy atom. The minimum Gasteiger partial charge on any atom is -0.341 e. The molecule has 0 spiro atoms. The van der Waals surface area contributed by atoms with Crippen LogP contribution in [0.1, 0.15) is 56.9 Å². The van der Waals surface area contributed by atoms with Crippen LogP contribution < -0.4 is 0 Å². The summed E-state index contributed by atoms with van der Waals surface area (Å²) < 4.78 is 3.64. The summed E-state index contributed by atoms with van der Waals surface area (Å²) in [5, 5.41) is 1.03. The van der Waals surface area contributed by atoms with E-state index in [4.69, 9.17) is 12.2 Å². The van der Waals surface area contributed by atoms with E-state index < -0.39 is 0 Å². The van der Waals surface area contributed by atoms with Gasteiger partial charge in [-0.1, -0.05) is 65.6 Å². The van der Waals surface area contributed by atoms with Gasteiger partial charge in [0.05, 0.1) is 4.91 Å². The van der Waals surface area contributed by atoms with Crippen LogP contribution in [0.5, 0.6) is 0 Å². The Hall–Kier alpha value is -1.64. The largest absolute Gasteiger partial charge is 0.341 e. The quantitative estimate of drug-likeness (QED) is 0.312. The van der Waals surface area contributed by atoms with Gasteiger partial charge in [-0.05, 0) is 55.9 Å². The van der Waals surface area contributed by atoms with E-state index in [2.05, 4.69) is 22.0 Å². The Kier molecular flexibility index (Phi) is 7.46. The number of aromatic nitrogens is 1. The molecule has 2 amide bonds. The number of carbonyl (C=O) groups is 2. The maximum absolute atomic E-state index is 13.2. The summed E-state index contributed by atoms with van der Waals surface area (Å²) in [4.78, 5) is 30.6. The van der Waals surface area contributed by atoms with E-state index in [1.807, 2.05) is 33.9 Å². The predicted molar refractivity (Wildman–Crippen MR) is 147 cm³/mol. The highest BCUT2D eigenvalue weighted by Gasteiger charge is 2.33. The Morgan fingerprint density at radius 2 is 1.91 bits per heavy atom. The number of hydrogen-bond donors (Lipinski definition) is 0. The fourth-order valence-corrected chi connectivity index (χ4v) is 7.04. The highest BCUT2D eigenvalue weighted by atomic mass is 79.9. The molecular formula is C26H30BrN3O2S2. The van der Waals surface area contributed by atoms with Crippen molar-refractivity contribution in [3.63, 3.8) is 0 Å². The van der Waals surface area contributed by atoms with Crippen molar-refractivity contribution >= 4 is 73.0 Å². The number of halogens is 1. The molecule has 5 nitrogen and oxygen atoms in total. The minimum atomic E-state index is 0.00767. The summed E-state index contributed by atoms with van der Waals surface area (Å²) in [6, 6.07) is 6.09. The summed E-state index contributed by atoms with van der Waals surface area (Å²) in [7, 11) is 0. The van der Waals surface area contributed by atoms with Crippen LogP contribution in [0.15, 0.2) is 33.8 Å². The number of likely N-dealkylation sites (tertiary alicyclic amines) is 1. The monoisotopic (exact) mass is 559 g/mol. The van der Waals surface area contributed by atoms with Crippen molar-refractivity contribution in [2.24, 2.45) is 5.92 Å². The first-order valence-corrected chi connectivity index (χ1v) is 14.3. The van der Waals surface area contributed by atoms with Gasteiger partial charge in [0.15, 0.2) is 0 Å². The summed E-state index contributed by atoms with van der Waals surface area (Å²) in [5.41, 5.74) is 1.94. The molecule has 1 aromatic heterocycles. The smallest absolute Gasteiger partial charge is 0.266 e. The molecule has 0 unspecified atom stereocenters. The van der Waals surface area contributed by atoms with Gasteiger partial charge in [-0.15, -0.1) is 0 Å². The molecule has 3 fully saturated rings. The van der Waals surface area contributed by atoms with Gasteiger partial charge in [-0.3, -0.25) is 14.5 Å². The number of benzene rings is 1. The number of thioether (sulfide) groups is 1. The Labute approximate surface area is 219 Å². The first-order chi connectivity index (χ1) is 16.5. The first-order valence-electron chi connectivity index (χ1n) is 12.3. The van der Waals surface area contributed by atoms with Gasteiger partial charge in [0.2, 0.25) is 5.91 Å². The lowest BCUT2D eigenvalue weighted by atomic mass is 10.0. The van der Waals surface area contributed by atoms with Crippen LogP contribution in [0.2, 0.25) is 0 Å². The number of thiocarbonyl (C=S) groups is 1. The van der Waals surface area contributed by atoms with E-state index in [0.29, 0.717) is 22.3 Å². The average molecular weight is 561 g/mol. The number of amides is 2. The number of hydrogen-bond acceptors (Lipinski definition) is 4. The standard InChI is InChI=1S/C26H30BrN3O2S2/c27-20-8-9-22-21(15-20)19(16-29(22)17-24(31)28-11-4-1-5-12-28)14-23-25(32)30(26(33)34-23)13-10-18-6-2-3-7-18/h8-9,14-16,18H,1-7,10-13,17H2/b23-14-. The lowest BCUT2D eigenvalue weighted by Gasteiger charge is -2.27. The zero-order valence-corrected chi connectivity index (χ0v) is 22.5. The maximum Gasteiger partial charge on any atom is 0.266 e. The van der Waals surface area contributed by atoms with E-state index in [1.54, 1.807) is 4.90 Å². The van der Waals surface area contributed by atoms with Crippen molar-refractivity contribution in [3.8, 4) is 0 Å². The van der Waals surface area contributed by atoms with Gasteiger partial charge in [-0.25, -0.2) is 0 Å². The van der Waals surface area contributed by atoms with Gasteiger partial charge in [0, 0.05) is 46.8 Å². The third kappa shape index (κ3) is 5.14. The normalized spacial score (nSPS) is 20.9. The number of fused-ring (bicyclic) bond motifs is 1. The van der Waals surface area contributed by atoms with Crippen molar-refractivity contribution < 1.29 is 9.59 Å². The zero-order valence-electron chi connectivity index (χ0n) is 19.3.